The van der Waals surface area contributed by atoms with E-state index in [2.05, 4.69) is 5.32 Å². The number of hydrogen-bond acceptors (Lipinski definition) is 3. The Morgan fingerprint density at radius 3 is 2.32 bits per heavy atom. The van der Waals surface area contributed by atoms with Crippen LogP contribution in [0.5, 0.6) is 0 Å². The van der Waals surface area contributed by atoms with Crippen molar-refractivity contribution in [3.8, 4) is 0 Å². The van der Waals surface area contributed by atoms with Crippen LogP contribution in [0.1, 0.15) is 16.9 Å². The zero-order valence-corrected chi connectivity index (χ0v) is 11.2. The molecule has 1 aromatic heterocycles. The van der Waals surface area contributed by atoms with Gasteiger partial charge in [-0.3, -0.25) is 9.59 Å². The van der Waals surface area contributed by atoms with Crippen LogP contribution in [0.3, 0.4) is 0 Å². The second-order valence-electron chi connectivity index (χ2n) is 3.69. The van der Waals surface area contributed by atoms with Crippen LogP contribution in [0, 0.1) is 0 Å². The number of carbonyl (C=O) groups is 3. The average molecular weight is 309 g/mol. The molecule has 0 radical (unpaired) electrons. The van der Waals surface area contributed by atoms with Gasteiger partial charge in [0.15, 0.2) is 0 Å². The molecule has 0 bridgehead atoms. The summed E-state index contributed by atoms with van der Waals surface area (Å²) in [5.41, 5.74) is 0.0339. The molecule has 0 aromatic carbocycles. The molecule has 1 heterocycles. The minimum atomic E-state index is -1.53. The van der Waals surface area contributed by atoms with Gasteiger partial charge in [-0.2, -0.15) is 0 Å². The molecule has 0 saturated carbocycles. The predicted molar refractivity (Wildman–Crippen MR) is 66.6 cm³/mol. The second-order valence-corrected chi connectivity index (χ2v) is 4.45. The summed E-state index contributed by atoms with van der Waals surface area (Å²) in [6.45, 7) is 0. The molecule has 0 spiro atoms. The Morgan fingerprint density at radius 2 is 1.95 bits per heavy atom. The van der Waals surface area contributed by atoms with Crippen molar-refractivity contribution in [1.82, 2.24) is 9.88 Å². The maximum Gasteiger partial charge on any atom is 0.326 e. The highest BCUT2D eigenvalue weighted by molar-refractivity contribution is 6.41. The first-order valence-corrected chi connectivity index (χ1v) is 5.75. The molecule has 0 aliphatic heterocycles. The third kappa shape index (κ3) is 3.62. The topological polar surface area (TPSA) is 109 Å². The molecule has 1 unspecified atom stereocenters. The normalized spacial score (nSPS) is 11.9. The van der Waals surface area contributed by atoms with Crippen LogP contribution in [0.2, 0.25) is 10.2 Å². The van der Waals surface area contributed by atoms with Gasteiger partial charge in [-0.25, -0.2) is 4.79 Å². The van der Waals surface area contributed by atoms with Crippen molar-refractivity contribution in [2.24, 2.45) is 7.05 Å². The van der Waals surface area contributed by atoms with Gasteiger partial charge in [0.2, 0.25) is 0 Å². The fourth-order valence-electron chi connectivity index (χ4n) is 1.37. The van der Waals surface area contributed by atoms with Crippen LogP contribution in [0.15, 0.2) is 6.07 Å². The molecule has 7 nitrogen and oxygen atoms in total. The Hall–Kier alpha value is -1.73. The first-order valence-electron chi connectivity index (χ1n) is 5.00. The number of carboxylic acid groups (broad SMARTS) is 2. The van der Waals surface area contributed by atoms with E-state index in [1.165, 1.54) is 17.7 Å². The highest BCUT2D eigenvalue weighted by Gasteiger charge is 2.25. The lowest BCUT2D eigenvalue weighted by Crippen LogP contribution is -2.42. The lowest BCUT2D eigenvalue weighted by Gasteiger charge is -2.12. The first kappa shape index (κ1) is 15.3. The van der Waals surface area contributed by atoms with Gasteiger partial charge >= 0.3 is 11.9 Å². The van der Waals surface area contributed by atoms with Crippen molar-refractivity contribution >= 4 is 41.0 Å². The highest BCUT2D eigenvalue weighted by Crippen LogP contribution is 2.25. The fraction of sp³-hybridized carbons (Fsp3) is 0.300. The number of halogens is 2. The molecule has 19 heavy (non-hydrogen) atoms. The van der Waals surface area contributed by atoms with E-state index >= 15 is 0 Å². The van der Waals surface area contributed by atoms with E-state index in [-0.39, 0.29) is 15.9 Å². The predicted octanol–water partition coefficient (Wildman–Crippen LogP) is 0.990. The maximum atomic E-state index is 11.8. The summed E-state index contributed by atoms with van der Waals surface area (Å²) in [6.07, 6.45) is -0.729. The zero-order chi connectivity index (χ0) is 14.7. The van der Waals surface area contributed by atoms with Crippen LogP contribution < -0.4 is 5.32 Å². The number of rotatable bonds is 5. The summed E-state index contributed by atoms with van der Waals surface area (Å²) in [7, 11) is 1.47. The quantitative estimate of drug-likeness (QED) is 0.751. The highest BCUT2D eigenvalue weighted by atomic mass is 35.5. The van der Waals surface area contributed by atoms with Crippen LogP contribution in [-0.2, 0) is 16.6 Å². The van der Waals surface area contributed by atoms with Crippen LogP contribution in [-0.4, -0.2) is 38.7 Å². The molecule has 1 atom stereocenters. The Bertz CT molecular complexity index is 540. The number of carbonyl (C=O) groups excluding carboxylic acids is 1. The minimum Gasteiger partial charge on any atom is -0.481 e. The summed E-state index contributed by atoms with van der Waals surface area (Å²) in [4.78, 5) is 33.1. The van der Waals surface area contributed by atoms with E-state index in [1.807, 2.05) is 0 Å². The molecule has 0 aliphatic rings. The molecule has 1 rings (SSSR count). The number of aliphatic carboxylic acids is 2. The Morgan fingerprint density at radius 1 is 1.37 bits per heavy atom. The van der Waals surface area contributed by atoms with Crippen molar-refractivity contribution < 1.29 is 24.6 Å². The minimum absolute atomic E-state index is 0.0339. The smallest absolute Gasteiger partial charge is 0.326 e. The van der Waals surface area contributed by atoms with E-state index in [9.17, 15) is 14.4 Å². The third-order valence-corrected chi connectivity index (χ3v) is 3.17. The zero-order valence-electron chi connectivity index (χ0n) is 9.68. The largest absolute Gasteiger partial charge is 0.481 e. The average Bonchev–Trinajstić information content (AvgIpc) is 2.55. The Labute approximate surface area is 117 Å². The Balaban J connectivity index is 2.91. The van der Waals surface area contributed by atoms with Crippen LogP contribution in [0.25, 0.3) is 0 Å². The number of nitrogens with zero attached hydrogens (tertiary/aromatic N) is 1. The summed E-state index contributed by atoms with van der Waals surface area (Å²) < 4.78 is 1.26. The van der Waals surface area contributed by atoms with Crippen LogP contribution >= 0.6 is 23.2 Å². The number of hydrogen-bond donors (Lipinski definition) is 3. The molecule has 0 fully saturated rings. The van der Waals surface area contributed by atoms with E-state index in [0.717, 1.165) is 0 Å². The van der Waals surface area contributed by atoms with Gasteiger partial charge in [-0.1, -0.05) is 23.2 Å². The number of aromatic nitrogens is 1. The molecule has 1 aromatic rings. The van der Waals surface area contributed by atoms with Crippen molar-refractivity contribution in [1.29, 1.82) is 0 Å². The van der Waals surface area contributed by atoms with Gasteiger partial charge in [-0.05, 0) is 6.07 Å². The van der Waals surface area contributed by atoms with Gasteiger partial charge in [0.1, 0.15) is 16.9 Å². The Kier molecular flexibility index (Phi) is 4.79. The van der Waals surface area contributed by atoms with Gasteiger partial charge in [-0.15, -0.1) is 0 Å². The number of nitrogens with one attached hydrogen (secondary N) is 1. The van der Waals surface area contributed by atoms with E-state index in [4.69, 9.17) is 33.4 Å². The fourth-order valence-corrected chi connectivity index (χ4v) is 1.74. The SMILES string of the molecule is Cn1c(C(=O)NC(CC(=O)O)C(=O)O)cc(Cl)c1Cl. The molecule has 3 N–H and O–H groups in total. The second kappa shape index (κ2) is 5.94. The van der Waals surface area contributed by atoms with Crippen molar-refractivity contribution in [3.05, 3.63) is 21.9 Å². The van der Waals surface area contributed by atoms with E-state index in [0.29, 0.717) is 0 Å². The molecule has 0 saturated heterocycles. The summed E-state index contributed by atoms with van der Waals surface area (Å²) in [6, 6.07) is -0.267. The van der Waals surface area contributed by atoms with Crippen molar-refractivity contribution in [3.63, 3.8) is 0 Å². The molecule has 0 aliphatic carbocycles. The lowest BCUT2D eigenvalue weighted by molar-refractivity contribution is -0.145. The molecule has 104 valence electrons. The third-order valence-electron chi connectivity index (χ3n) is 2.33. The molecular weight excluding hydrogens is 299 g/mol. The molecule has 9 heteroatoms. The summed E-state index contributed by atoms with van der Waals surface area (Å²) >= 11 is 11.5. The number of carboxylic acids is 2. The van der Waals surface area contributed by atoms with Gasteiger partial charge in [0, 0.05) is 7.05 Å². The standard InChI is InChI=1S/C10H10Cl2N2O5/c1-14-6(2-4(11)8(14)12)9(17)13-5(10(18)19)3-7(15)16/h2,5H,3H2,1H3,(H,13,17)(H,15,16)(H,18,19). The van der Waals surface area contributed by atoms with Crippen LogP contribution in [0.4, 0.5) is 0 Å². The van der Waals surface area contributed by atoms with Gasteiger partial charge < -0.3 is 20.1 Å². The maximum absolute atomic E-state index is 11.8. The van der Waals surface area contributed by atoms with Gasteiger partial charge in [0.25, 0.3) is 5.91 Å². The number of amides is 1. The molecule has 1 amide bonds. The summed E-state index contributed by atoms with van der Waals surface area (Å²) in [5, 5.41) is 19.7. The lowest BCUT2D eigenvalue weighted by atomic mass is 10.2. The van der Waals surface area contributed by atoms with Gasteiger partial charge in [0.05, 0.1) is 11.4 Å². The van der Waals surface area contributed by atoms with Crippen molar-refractivity contribution in [2.75, 3.05) is 0 Å². The summed E-state index contributed by atoms with van der Waals surface area (Å²) in [5.74, 6) is -3.55. The first-order chi connectivity index (χ1) is 8.73. The molecular formula is C10H10Cl2N2O5. The van der Waals surface area contributed by atoms with E-state index in [1.54, 1.807) is 0 Å². The van der Waals surface area contributed by atoms with E-state index < -0.39 is 30.3 Å². The van der Waals surface area contributed by atoms with Crippen molar-refractivity contribution in [2.45, 2.75) is 12.5 Å². The monoisotopic (exact) mass is 308 g/mol.